The summed E-state index contributed by atoms with van der Waals surface area (Å²) in [5.41, 5.74) is -3.52. The summed E-state index contributed by atoms with van der Waals surface area (Å²) in [7, 11) is 0. The number of fused-ring (bicyclic) bond motifs is 2. The number of nitrogens with zero attached hydrogens (tertiary/aromatic N) is 2. The molecule has 208 valence electrons. The van der Waals surface area contributed by atoms with Crippen molar-refractivity contribution >= 4 is 33.9 Å². The highest BCUT2D eigenvalue weighted by Crippen LogP contribution is 2.39. The summed E-state index contributed by atoms with van der Waals surface area (Å²) in [5, 5.41) is 46.7. The van der Waals surface area contributed by atoms with Gasteiger partial charge in [-0.2, -0.15) is 0 Å². The zero-order valence-corrected chi connectivity index (χ0v) is 22.9. The van der Waals surface area contributed by atoms with Gasteiger partial charge in [0.05, 0.1) is 23.3 Å². The molecule has 10 atom stereocenters. The summed E-state index contributed by atoms with van der Waals surface area (Å²) in [4.78, 5) is 8.34. The van der Waals surface area contributed by atoms with E-state index in [1.807, 2.05) is 13.8 Å². The molecule has 4 aliphatic rings. The number of thioether (sulfide) groups is 2. The van der Waals surface area contributed by atoms with E-state index < -0.39 is 70.9 Å². The van der Waals surface area contributed by atoms with Crippen molar-refractivity contribution in [3.05, 3.63) is 0 Å². The molecule has 0 bridgehead atoms. The van der Waals surface area contributed by atoms with E-state index in [1.165, 1.54) is 51.2 Å². The fraction of sp³-hybridized carbons (Fsp3) is 0.909. The minimum Gasteiger partial charge on any atom is -0.388 e. The molecule has 6 N–H and O–H groups in total. The first-order chi connectivity index (χ1) is 16.7. The molecular weight excluding hydrogens is 518 g/mol. The first-order valence-corrected chi connectivity index (χ1v) is 13.8. The Labute approximate surface area is 218 Å². The summed E-state index contributed by atoms with van der Waals surface area (Å²) in [6.07, 6.45) is -7.55. The van der Waals surface area contributed by atoms with Crippen molar-refractivity contribution in [2.24, 2.45) is 9.98 Å². The van der Waals surface area contributed by atoms with Gasteiger partial charge in [-0.1, -0.05) is 23.5 Å². The number of halogens is 2. The highest BCUT2D eigenvalue weighted by Gasteiger charge is 2.54. The average molecular weight is 557 g/mol. The van der Waals surface area contributed by atoms with Crippen LogP contribution in [-0.4, -0.2) is 115 Å². The van der Waals surface area contributed by atoms with Gasteiger partial charge >= 0.3 is 0 Å². The summed E-state index contributed by atoms with van der Waals surface area (Å²) < 4.78 is 39.5. The van der Waals surface area contributed by atoms with Gasteiger partial charge in [0.25, 0.3) is 0 Å². The summed E-state index contributed by atoms with van der Waals surface area (Å²) in [6.45, 7) is 11.0. The molecular formula is C22H38F2N4O6S2. The molecule has 0 aromatic heterocycles. The zero-order chi connectivity index (χ0) is 27.0. The molecule has 0 radical (unpaired) electrons. The third-order valence-electron chi connectivity index (χ3n) is 6.14. The second-order valence-corrected chi connectivity index (χ2v) is 12.3. The van der Waals surface area contributed by atoms with Crippen molar-refractivity contribution in [3.63, 3.8) is 0 Å². The number of amidine groups is 2. The van der Waals surface area contributed by atoms with Crippen molar-refractivity contribution in [3.8, 4) is 0 Å². The number of hydrogen-bond donors (Lipinski definition) is 6. The maximum absolute atomic E-state index is 14.2. The summed E-state index contributed by atoms with van der Waals surface area (Å²) >= 11 is 2.60. The number of aliphatic imine (C=N–C) groups is 2. The number of aliphatic hydroxyl groups is 4. The Kier molecular flexibility index (Phi) is 9.57. The van der Waals surface area contributed by atoms with Crippen LogP contribution in [0.3, 0.4) is 0 Å². The first-order valence-electron chi connectivity index (χ1n) is 12.0. The molecule has 0 amide bonds. The molecule has 4 heterocycles. The third-order valence-corrected chi connectivity index (χ3v) is 8.35. The summed E-state index contributed by atoms with van der Waals surface area (Å²) in [6, 6.07) is -1.23. The molecule has 0 aromatic rings. The lowest BCUT2D eigenvalue weighted by Crippen LogP contribution is -2.62. The summed E-state index contributed by atoms with van der Waals surface area (Å²) in [5.74, 6) is 0. The van der Waals surface area contributed by atoms with E-state index >= 15 is 0 Å². The van der Waals surface area contributed by atoms with Gasteiger partial charge in [-0.25, -0.2) is 8.78 Å². The monoisotopic (exact) mass is 556 g/mol. The Balaban J connectivity index is 0.000000201. The van der Waals surface area contributed by atoms with Crippen molar-refractivity contribution < 1.29 is 38.7 Å². The van der Waals surface area contributed by atoms with E-state index in [9.17, 15) is 29.2 Å². The van der Waals surface area contributed by atoms with Crippen LogP contribution in [0, 0.1) is 0 Å². The number of nitrogens with one attached hydrogen (secondary N) is 2. The van der Waals surface area contributed by atoms with Crippen LogP contribution >= 0.6 is 23.5 Å². The molecule has 0 spiro atoms. The van der Waals surface area contributed by atoms with Crippen molar-refractivity contribution in [1.29, 1.82) is 0 Å². The van der Waals surface area contributed by atoms with E-state index in [0.717, 1.165) is 0 Å². The predicted octanol–water partition coefficient (Wildman–Crippen LogP) is 0.524. The van der Waals surface area contributed by atoms with Gasteiger partial charge in [0.2, 0.25) is 0 Å². The number of aliphatic hydroxyl groups excluding tert-OH is 2. The van der Waals surface area contributed by atoms with Crippen molar-refractivity contribution in [2.75, 3.05) is 13.1 Å². The Morgan fingerprint density at radius 3 is 1.39 bits per heavy atom. The highest BCUT2D eigenvalue weighted by molar-refractivity contribution is 8.14. The minimum atomic E-state index is -1.49. The van der Waals surface area contributed by atoms with Gasteiger partial charge in [-0.3, -0.25) is 9.98 Å². The second kappa shape index (κ2) is 11.6. The fourth-order valence-electron chi connectivity index (χ4n) is 4.37. The molecule has 36 heavy (non-hydrogen) atoms. The standard InChI is InChI=1S/2C11H19FN2O3S/c2*1-4-13-10-14-6-5(12)7(15)8(11(2,3)16)17-9(6)18-10/h2*5-9,15-16H,4H2,1-3H3,(H,13,14)/t2*5-,6-,7+,8+,9-/m11/s1. The number of ether oxygens (including phenoxy) is 2. The van der Waals surface area contributed by atoms with Crippen LogP contribution in [0.4, 0.5) is 8.78 Å². The molecule has 0 unspecified atom stereocenters. The second-order valence-electron chi connectivity index (χ2n) is 10.2. The molecule has 0 aliphatic carbocycles. The molecule has 10 nitrogen and oxygen atoms in total. The minimum absolute atomic E-state index is 0.467. The smallest absolute Gasteiger partial charge is 0.159 e. The first kappa shape index (κ1) is 29.8. The average Bonchev–Trinajstić information content (AvgIpc) is 3.36. The SMILES string of the molecule is CCN=C1N[C@@H]2[C@@H](F)[C@H](O)[C@@H](C(C)(C)O)O[C@@H]2S1.CCN=C1N[C@@H]2[C@@H](F)[C@H](O)[C@@H](C(C)(C)O)O[C@@H]2S1. The Morgan fingerprint density at radius 2 is 1.11 bits per heavy atom. The lowest BCUT2D eigenvalue weighted by molar-refractivity contribution is -0.197. The molecule has 4 rings (SSSR count). The van der Waals surface area contributed by atoms with Crippen LogP contribution in [0.25, 0.3) is 0 Å². The maximum atomic E-state index is 14.2. The van der Waals surface area contributed by atoms with Gasteiger partial charge in [0.15, 0.2) is 22.7 Å². The van der Waals surface area contributed by atoms with Crippen LogP contribution < -0.4 is 10.6 Å². The predicted molar refractivity (Wildman–Crippen MR) is 137 cm³/mol. The quantitative estimate of drug-likeness (QED) is 0.290. The van der Waals surface area contributed by atoms with E-state index in [1.54, 1.807) is 0 Å². The highest BCUT2D eigenvalue weighted by atomic mass is 32.2. The number of alkyl halides is 2. The van der Waals surface area contributed by atoms with Crippen LogP contribution in [0.2, 0.25) is 0 Å². The van der Waals surface area contributed by atoms with Crippen LogP contribution in [0.1, 0.15) is 41.5 Å². The zero-order valence-electron chi connectivity index (χ0n) is 21.3. The topological polar surface area (TPSA) is 148 Å². The molecule has 0 aromatic carbocycles. The van der Waals surface area contributed by atoms with E-state index in [2.05, 4.69) is 20.6 Å². The van der Waals surface area contributed by atoms with E-state index in [-0.39, 0.29) is 0 Å². The molecule has 14 heteroatoms. The van der Waals surface area contributed by atoms with Crippen LogP contribution in [0.15, 0.2) is 9.98 Å². The Bertz CT molecular complexity index is 761. The molecule has 4 aliphatic heterocycles. The molecule has 0 saturated carbocycles. The molecule has 4 fully saturated rings. The number of hydrogen-bond acceptors (Lipinski definition) is 10. The van der Waals surface area contributed by atoms with Gasteiger partial charge < -0.3 is 40.5 Å². The third kappa shape index (κ3) is 6.45. The van der Waals surface area contributed by atoms with Gasteiger partial charge in [-0.05, 0) is 41.5 Å². The van der Waals surface area contributed by atoms with Crippen molar-refractivity contribution in [2.45, 2.75) is 112 Å². The van der Waals surface area contributed by atoms with Crippen molar-refractivity contribution in [1.82, 2.24) is 10.6 Å². The van der Waals surface area contributed by atoms with Crippen LogP contribution in [-0.2, 0) is 9.47 Å². The Hall–Kier alpha value is -0.740. The normalized spacial score (nSPS) is 42.8. The van der Waals surface area contributed by atoms with E-state index in [4.69, 9.17) is 9.47 Å². The van der Waals surface area contributed by atoms with E-state index in [0.29, 0.717) is 23.4 Å². The van der Waals surface area contributed by atoms with Crippen LogP contribution in [0.5, 0.6) is 0 Å². The van der Waals surface area contributed by atoms with Gasteiger partial charge in [0.1, 0.15) is 35.3 Å². The Morgan fingerprint density at radius 1 is 0.778 bits per heavy atom. The number of rotatable bonds is 4. The molecule has 4 saturated heterocycles. The van der Waals surface area contributed by atoms with Gasteiger partial charge in [0, 0.05) is 13.1 Å². The largest absolute Gasteiger partial charge is 0.388 e. The fourth-order valence-corrected chi connectivity index (χ4v) is 6.71. The maximum Gasteiger partial charge on any atom is 0.159 e. The lowest BCUT2D eigenvalue weighted by atomic mass is 9.89. The van der Waals surface area contributed by atoms with Gasteiger partial charge in [-0.15, -0.1) is 0 Å². The lowest BCUT2D eigenvalue weighted by Gasteiger charge is -2.42.